The van der Waals surface area contributed by atoms with E-state index in [0.717, 1.165) is 16.9 Å². The number of hydrogen-bond acceptors (Lipinski definition) is 3. The minimum atomic E-state index is 0.0345. The van der Waals surface area contributed by atoms with E-state index in [0.29, 0.717) is 12.2 Å². The number of nitrogens with two attached hydrogens (primary N) is 1. The summed E-state index contributed by atoms with van der Waals surface area (Å²) < 4.78 is 5.63. The highest BCUT2D eigenvalue weighted by Gasteiger charge is 1.99. The van der Waals surface area contributed by atoms with Crippen LogP contribution in [0.1, 0.15) is 16.7 Å². The zero-order valence-electron chi connectivity index (χ0n) is 10.5. The van der Waals surface area contributed by atoms with Crippen LogP contribution in [-0.4, -0.2) is 10.9 Å². The first kappa shape index (κ1) is 13.1. The highest BCUT2D eigenvalue weighted by Crippen LogP contribution is 2.14. The number of hydrogen-bond donors (Lipinski definition) is 3. The van der Waals surface area contributed by atoms with Crippen LogP contribution in [0.15, 0.2) is 48.5 Å². The number of benzene rings is 2. The SMILES string of the molecule is N=C(N)c1ccc(COc2ccc(CO)cc2)cc1. The molecule has 0 spiro atoms. The van der Waals surface area contributed by atoms with Gasteiger partial charge < -0.3 is 15.6 Å². The van der Waals surface area contributed by atoms with Crippen molar-refractivity contribution >= 4 is 5.84 Å². The molecule has 0 aromatic heterocycles. The van der Waals surface area contributed by atoms with Gasteiger partial charge in [0.2, 0.25) is 0 Å². The first-order chi connectivity index (χ1) is 9.19. The van der Waals surface area contributed by atoms with Crippen molar-refractivity contribution in [2.75, 3.05) is 0 Å². The summed E-state index contributed by atoms with van der Waals surface area (Å²) in [6, 6.07) is 14.7. The van der Waals surface area contributed by atoms with Gasteiger partial charge in [0.1, 0.15) is 18.2 Å². The molecule has 0 saturated carbocycles. The van der Waals surface area contributed by atoms with Crippen LogP contribution in [0.4, 0.5) is 0 Å². The normalized spacial score (nSPS) is 10.2. The van der Waals surface area contributed by atoms with Crippen molar-refractivity contribution in [3.8, 4) is 5.75 Å². The van der Waals surface area contributed by atoms with Crippen molar-refractivity contribution in [3.05, 3.63) is 65.2 Å². The molecule has 4 heteroatoms. The first-order valence-corrected chi connectivity index (χ1v) is 5.95. The third-order valence-corrected chi connectivity index (χ3v) is 2.78. The predicted octanol–water partition coefficient (Wildman–Crippen LogP) is 2.04. The summed E-state index contributed by atoms with van der Waals surface area (Å²) in [6.45, 7) is 0.490. The lowest BCUT2D eigenvalue weighted by Gasteiger charge is -2.07. The number of aliphatic hydroxyl groups is 1. The summed E-state index contributed by atoms with van der Waals surface area (Å²) >= 11 is 0. The van der Waals surface area contributed by atoms with E-state index in [4.69, 9.17) is 21.0 Å². The Bertz CT molecular complexity index is 547. The largest absolute Gasteiger partial charge is 0.489 e. The fraction of sp³-hybridized carbons (Fsp3) is 0.133. The molecule has 19 heavy (non-hydrogen) atoms. The Kier molecular flexibility index (Phi) is 4.15. The van der Waals surface area contributed by atoms with Crippen LogP contribution in [0.5, 0.6) is 5.75 Å². The van der Waals surface area contributed by atoms with Crippen LogP contribution in [0.3, 0.4) is 0 Å². The zero-order valence-corrected chi connectivity index (χ0v) is 10.5. The van der Waals surface area contributed by atoms with Crippen molar-refractivity contribution < 1.29 is 9.84 Å². The van der Waals surface area contributed by atoms with E-state index in [-0.39, 0.29) is 12.4 Å². The van der Waals surface area contributed by atoms with Crippen molar-refractivity contribution in [1.29, 1.82) is 5.41 Å². The first-order valence-electron chi connectivity index (χ1n) is 5.95. The molecule has 4 nitrogen and oxygen atoms in total. The Morgan fingerprint density at radius 3 is 2.11 bits per heavy atom. The van der Waals surface area contributed by atoms with Gasteiger partial charge in [0, 0.05) is 5.56 Å². The van der Waals surface area contributed by atoms with Crippen molar-refractivity contribution in [3.63, 3.8) is 0 Å². The van der Waals surface area contributed by atoms with Crippen molar-refractivity contribution in [1.82, 2.24) is 0 Å². The molecular formula is C15H16N2O2. The lowest BCUT2D eigenvalue weighted by molar-refractivity contribution is 0.280. The third kappa shape index (κ3) is 3.56. The van der Waals surface area contributed by atoms with E-state index in [2.05, 4.69) is 0 Å². The number of aliphatic hydroxyl groups excluding tert-OH is 1. The fourth-order valence-corrected chi connectivity index (χ4v) is 1.64. The molecule has 2 rings (SSSR count). The summed E-state index contributed by atoms with van der Waals surface area (Å²) in [6.07, 6.45) is 0. The Balaban J connectivity index is 1.95. The Morgan fingerprint density at radius 2 is 1.58 bits per heavy atom. The maximum absolute atomic E-state index is 8.94. The molecule has 0 amide bonds. The molecule has 0 fully saturated rings. The fourth-order valence-electron chi connectivity index (χ4n) is 1.64. The van der Waals surface area contributed by atoms with Gasteiger partial charge in [-0.15, -0.1) is 0 Å². The molecule has 0 heterocycles. The van der Waals surface area contributed by atoms with Crippen LogP contribution in [-0.2, 0) is 13.2 Å². The standard InChI is InChI=1S/C15H16N2O2/c16-15(17)13-5-1-12(2-6-13)10-19-14-7-3-11(9-18)4-8-14/h1-8,18H,9-10H2,(H3,16,17). The van der Waals surface area contributed by atoms with Gasteiger partial charge in [-0.2, -0.15) is 0 Å². The second kappa shape index (κ2) is 6.02. The summed E-state index contributed by atoms with van der Waals surface area (Å²) in [4.78, 5) is 0. The third-order valence-electron chi connectivity index (χ3n) is 2.78. The Hall–Kier alpha value is -2.33. The van der Waals surface area contributed by atoms with Crippen LogP contribution in [0.25, 0.3) is 0 Å². The minimum Gasteiger partial charge on any atom is -0.489 e. The monoisotopic (exact) mass is 256 g/mol. The van der Waals surface area contributed by atoms with Crippen LogP contribution < -0.4 is 10.5 Å². The number of nitrogens with one attached hydrogen (secondary N) is 1. The second-order valence-electron chi connectivity index (χ2n) is 4.20. The van der Waals surface area contributed by atoms with Gasteiger partial charge in [-0.05, 0) is 23.3 Å². The molecule has 2 aromatic rings. The summed E-state index contributed by atoms with van der Waals surface area (Å²) in [7, 11) is 0. The van der Waals surface area contributed by atoms with Crippen LogP contribution >= 0.6 is 0 Å². The molecule has 0 aliphatic heterocycles. The lowest BCUT2D eigenvalue weighted by Crippen LogP contribution is -2.10. The molecule has 0 unspecified atom stereocenters. The summed E-state index contributed by atoms with van der Waals surface area (Å²) in [5.74, 6) is 0.819. The van der Waals surface area contributed by atoms with E-state index in [1.165, 1.54) is 0 Å². The van der Waals surface area contributed by atoms with Crippen molar-refractivity contribution in [2.24, 2.45) is 5.73 Å². The van der Waals surface area contributed by atoms with Gasteiger partial charge in [0.05, 0.1) is 6.61 Å². The maximum Gasteiger partial charge on any atom is 0.122 e. The van der Waals surface area contributed by atoms with Gasteiger partial charge in [-0.1, -0.05) is 36.4 Å². The summed E-state index contributed by atoms with van der Waals surface area (Å²) in [5.41, 5.74) is 7.96. The predicted molar refractivity (Wildman–Crippen MR) is 74.2 cm³/mol. The Morgan fingerprint density at radius 1 is 1.00 bits per heavy atom. The summed E-state index contributed by atoms with van der Waals surface area (Å²) in [5, 5.41) is 16.2. The minimum absolute atomic E-state index is 0.0345. The van der Waals surface area contributed by atoms with E-state index in [1.54, 1.807) is 12.1 Å². The molecule has 0 atom stereocenters. The lowest BCUT2D eigenvalue weighted by atomic mass is 10.1. The number of rotatable bonds is 5. The molecule has 0 bridgehead atoms. The second-order valence-corrected chi connectivity index (χ2v) is 4.20. The van der Waals surface area contributed by atoms with Crippen molar-refractivity contribution in [2.45, 2.75) is 13.2 Å². The van der Waals surface area contributed by atoms with Gasteiger partial charge in [0.15, 0.2) is 0 Å². The number of ether oxygens (including phenoxy) is 1. The molecule has 0 aliphatic rings. The van der Waals surface area contributed by atoms with Gasteiger partial charge in [-0.3, -0.25) is 5.41 Å². The number of amidine groups is 1. The average molecular weight is 256 g/mol. The highest BCUT2D eigenvalue weighted by molar-refractivity contribution is 5.94. The van der Waals surface area contributed by atoms with E-state index in [1.807, 2.05) is 36.4 Å². The van der Waals surface area contributed by atoms with Crippen LogP contribution in [0.2, 0.25) is 0 Å². The number of nitrogen functional groups attached to an aromatic ring is 1. The zero-order chi connectivity index (χ0) is 13.7. The Labute approximate surface area is 112 Å². The smallest absolute Gasteiger partial charge is 0.122 e. The molecule has 0 aliphatic carbocycles. The molecule has 0 radical (unpaired) electrons. The van der Waals surface area contributed by atoms with Gasteiger partial charge in [0.25, 0.3) is 0 Å². The quantitative estimate of drug-likeness (QED) is 0.565. The molecule has 2 aromatic carbocycles. The molecular weight excluding hydrogens is 240 g/mol. The van der Waals surface area contributed by atoms with Crippen LogP contribution in [0, 0.1) is 5.41 Å². The van der Waals surface area contributed by atoms with E-state index < -0.39 is 0 Å². The molecule has 0 saturated heterocycles. The van der Waals surface area contributed by atoms with E-state index >= 15 is 0 Å². The highest BCUT2D eigenvalue weighted by atomic mass is 16.5. The maximum atomic E-state index is 8.94. The van der Waals surface area contributed by atoms with Gasteiger partial charge >= 0.3 is 0 Å². The molecule has 98 valence electrons. The average Bonchev–Trinajstić information content (AvgIpc) is 2.46. The van der Waals surface area contributed by atoms with Gasteiger partial charge in [-0.25, -0.2) is 0 Å². The van der Waals surface area contributed by atoms with E-state index in [9.17, 15) is 0 Å². The topological polar surface area (TPSA) is 79.3 Å². The molecule has 4 N–H and O–H groups in total.